The summed E-state index contributed by atoms with van der Waals surface area (Å²) in [6.07, 6.45) is 1.94. The summed E-state index contributed by atoms with van der Waals surface area (Å²) in [6.45, 7) is 3.09. The Kier molecular flexibility index (Phi) is 5.46. The topological polar surface area (TPSA) is 58.0 Å². The molecule has 0 radical (unpaired) electrons. The Morgan fingerprint density at radius 1 is 1.31 bits per heavy atom. The molecule has 0 aromatic carbocycles. The molecule has 3 nitrogen and oxygen atoms in total. The summed E-state index contributed by atoms with van der Waals surface area (Å²) in [5.74, 6) is -0.0746. The molecule has 0 atom stereocenters. The molecule has 0 aliphatic rings. The van der Waals surface area contributed by atoms with Gasteiger partial charge in [-0.3, -0.25) is 10.2 Å². The lowest BCUT2D eigenvalue weighted by molar-refractivity contribution is -0.121. The highest BCUT2D eigenvalue weighted by atomic mass is 79.9. The van der Waals surface area contributed by atoms with E-state index >= 15 is 0 Å². The Labute approximate surface area is 85.8 Å². The van der Waals surface area contributed by atoms with Crippen LogP contribution in [0.5, 0.6) is 0 Å². The number of rotatable bonds is 5. The first-order valence-corrected chi connectivity index (χ1v) is 4.67. The number of hydrogen-bond acceptors (Lipinski definition) is 3. The fourth-order valence-electron chi connectivity index (χ4n) is 0.757. The molecule has 72 valence electrons. The van der Waals surface area contributed by atoms with Gasteiger partial charge in [0.1, 0.15) is 5.78 Å². The van der Waals surface area contributed by atoms with Crippen LogP contribution >= 0.6 is 15.9 Å². The Hall–Kier alpha value is -0.770. The van der Waals surface area contributed by atoms with Crippen molar-refractivity contribution in [1.82, 2.24) is 0 Å². The Bertz CT molecular complexity index is 269. The first-order chi connectivity index (χ1) is 5.93. The summed E-state index contributed by atoms with van der Waals surface area (Å²) in [5.41, 5.74) is 0.503. The van der Waals surface area contributed by atoms with Crippen LogP contribution in [-0.4, -0.2) is 16.2 Å². The van der Waals surface area contributed by atoms with Gasteiger partial charge in [0.25, 0.3) is 0 Å². The highest BCUT2D eigenvalue weighted by Gasteiger charge is 2.05. The lowest BCUT2D eigenvalue weighted by Crippen LogP contribution is -2.03. The van der Waals surface area contributed by atoms with E-state index in [1.807, 2.05) is 0 Å². The average Bonchev–Trinajstić information content (AvgIpc) is 1.98. The van der Waals surface area contributed by atoms with Crippen molar-refractivity contribution in [3.63, 3.8) is 0 Å². The zero-order valence-electron chi connectivity index (χ0n) is 7.69. The summed E-state index contributed by atoms with van der Waals surface area (Å²) >= 11 is 2.91. The second-order valence-corrected chi connectivity index (χ2v) is 3.65. The van der Waals surface area contributed by atoms with Crippen LogP contribution in [0, 0.1) is 5.41 Å². The third kappa shape index (κ3) is 6.40. The number of carbonyl (C=O) groups is 2. The van der Waals surface area contributed by atoms with Gasteiger partial charge in [-0.25, -0.2) is 0 Å². The molecule has 0 rings (SSSR count). The van der Waals surface area contributed by atoms with Crippen LogP contribution in [0.4, 0.5) is 0 Å². The second kappa shape index (κ2) is 5.80. The zero-order valence-corrected chi connectivity index (χ0v) is 9.27. The van der Waals surface area contributed by atoms with E-state index in [4.69, 9.17) is 5.41 Å². The van der Waals surface area contributed by atoms with Gasteiger partial charge < -0.3 is 4.79 Å². The number of allylic oxidation sites excluding steroid dienone is 2. The summed E-state index contributed by atoms with van der Waals surface area (Å²) in [4.78, 5) is 21.8. The van der Waals surface area contributed by atoms with Gasteiger partial charge in [-0.15, -0.1) is 0 Å². The van der Waals surface area contributed by atoms with E-state index in [9.17, 15) is 9.59 Å². The molecule has 13 heavy (non-hydrogen) atoms. The minimum Gasteiger partial charge on any atom is -0.300 e. The third-order valence-corrected chi connectivity index (χ3v) is 1.72. The van der Waals surface area contributed by atoms with Crippen LogP contribution in [0.1, 0.15) is 26.7 Å². The smallest absolute Gasteiger partial charge is 0.159 e. The van der Waals surface area contributed by atoms with Crippen molar-refractivity contribution in [2.24, 2.45) is 0 Å². The fourth-order valence-corrected chi connectivity index (χ4v) is 1.10. The van der Waals surface area contributed by atoms with E-state index in [-0.39, 0.29) is 29.0 Å². The quantitative estimate of drug-likeness (QED) is 0.597. The maximum Gasteiger partial charge on any atom is 0.159 e. The summed E-state index contributed by atoms with van der Waals surface area (Å²) in [7, 11) is 0. The van der Waals surface area contributed by atoms with Gasteiger partial charge >= 0.3 is 0 Å². The third-order valence-electron chi connectivity index (χ3n) is 1.49. The van der Waals surface area contributed by atoms with Crippen molar-refractivity contribution >= 4 is 32.1 Å². The number of carbonyl (C=O) groups excluding carboxylic acids is 2. The monoisotopic (exact) mass is 245 g/mol. The summed E-state index contributed by atoms with van der Waals surface area (Å²) in [6, 6.07) is 0. The predicted molar refractivity (Wildman–Crippen MR) is 55.3 cm³/mol. The Morgan fingerprint density at radius 3 is 2.23 bits per heavy atom. The number of halogens is 1. The highest BCUT2D eigenvalue weighted by Crippen LogP contribution is 2.04. The van der Waals surface area contributed by atoms with Gasteiger partial charge in [-0.2, -0.15) is 0 Å². The van der Waals surface area contributed by atoms with Crippen LogP contribution in [-0.2, 0) is 9.59 Å². The normalized spacial score (nSPS) is 11.2. The van der Waals surface area contributed by atoms with Crippen molar-refractivity contribution in [3.05, 3.63) is 11.6 Å². The molecule has 0 fully saturated rings. The molecule has 0 aromatic rings. The van der Waals surface area contributed by atoms with E-state index in [1.54, 1.807) is 6.92 Å². The molecule has 0 aliphatic carbocycles. The van der Waals surface area contributed by atoms with Crippen LogP contribution in [0.3, 0.4) is 0 Å². The van der Waals surface area contributed by atoms with Crippen molar-refractivity contribution in [1.29, 1.82) is 5.41 Å². The standard InChI is InChI=1S/C9H12BrNO2/c1-6(5-9(10)11)8(13)4-3-7(2)12/h5,11H,3-4H2,1-2H3/b6-5+,11-9?. The van der Waals surface area contributed by atoms with Gasteiger partial charge in [0.15, 0.2) is 5.78 Å². The second-order valence-electron chi connectivity index (χ2n) is 2.80. The van der Waals surface area contributed by atoms with Crippen LogP contribution in [0.25, 0.3) is 0 Å². The SMILES string of the molecule is CC(=O)CCC(=O)/C(C)=C/C(=N)Br. The van der Waals surface area contributed by atoms with Gasteiger partial charge in [0.05, 0.1) is 4.62 Å². The first kappa shape index (κ1) is 12.2. The molecule has 0 amide bonds. The number of Topliss-reactive ketones (excluding diaryl/α,β-unsaturated/α-hetero) is 2. The summed E-state index contributed by atoms with van der Waals surface area (Å²) < 4.78 is 0.168. The lowest BCUT2D eigenvalue weighted by atomic mass is 10.1. The van der Waals surface area contributed by atoms with Crippen molar-refractivity contribution in [2.75, 3.05) is 0 Å². The van der Waals surface area contributed by atoms with Gasteiger partial charge in [0, 0.05) is 12.8 Å². The molecule has 0 spiro atoms. The van der Waals surface area contributed by atoms with Crippen LogP contribution < -0.4 is 0 Å². The van der Waals surface area contributed by atoms with E-state index < -0.39 is 0 Å². The Morgan fingerprint density at radius 2 is 1.85 bits per heavy atom. The van der Waals surface area contributed by atoms with E-state index in [2.05, 4.69) is 15.9 Å². The molecule has 0 heterocycles. The minimum atomic E-state index is -0.0839. The molecular formula is C9H12BrNO2. The largest absolute Gasteiger partial charge is 0.300 e. The van der Waals surface area contributed by atoms with Crippen LogP contribution in [0.2, 0.25) is 0 Å². The highest BCUT2D eigenvalue weighted by molar-refractivity contribution is 9.18. The number of ketones is 2. The van der Waals surface area contributed by atoms with E-state index in [1.165, 1.54) is 13.0 Å². The van der Waals surface area contributed by atoms with Gasteiger partial charge in [-0.05, 0) is 41.4 Å². The maximum atomic E-state index is 11.2. The molecule has 0 unspecified atom stereocenters. The molecular weight excluding hydrogens is 234 g/mol. The summed E-state index contributed by atoms with van der Waals surface area (Å²) in [5, 5.41) is 7.06. The molecule has 0 saturated carbocycles. The predicted octanol–water partition coefficient (Wildman–Crippen LogP) is 2.24. The van der Waals surface area contributed by atoms with Gasteiger partial charge in [-0.1, -0.05) is 0 Å². The fraction of sp³-hybridized carbons (Fsp3) is 0.444. The van der Waals surface area contributed by atoms with E-state index in [0.717, 1.165) is 0 Å². The molecule has 1 N–H and O–H groups in total. The van der Waals surface area contributed by atoms with Crippen LogP contribution in [0.15, 0.2) is 11.6 Å². The zero-order chi connectivity index (χ0) is 10.4. The van der Waals surface area contributed by atoms with Crippen molar-refractivity contribution in [3.8, 4) is 0 Å². The lowest BCUT2D eigenvalue weighted by Gasteiger charge is -1.97. The number of nitrogens with one attached hydrogen (secondary N) is 1. The minimum absolute atomic E-state index is 0.00932. The number of hydrogen-bond donors (Lipinski definition) is 1. The molecule has 0 bridgehead atoms. The average molecular weight is 246 g/mol. The first-order valence-electron chi connectivity index (χ1n) is 3.88. The molecule has 0 saturated heterocycles. The van der Waals surface area contributed by atoms with E-state index in [0.29, 0.717) is 5.57 Å². The Balaban J connectivity index is 4.12. The van der Waals surface area contributed by atoms with Crippen molar-refractivity contribution < 1.29 is 9.59 Å². The molecule has 4 heteroatoms. The van der Waals surface area contributed by atoms with Crippen molar-refractivity contribution in [2.45, 2.75) is 26.7 Å². The van der Waals surface area contributed by atoms with Gasteiger partial charge in [0.2, 0.25) is 0 Å². The maximum absolute atomic E-state index is 11.2. The molecule has 0 aliphatic heterocycles. The molecule has 0 aromatic heterocycles.